The Labute approximate surface area is 107 Å². The summed E-state index contributed by atoms with van der Waals surface area (Å²) >= 11 is 0. The Balaban J connectivity index is 1.73. The summed E-state index contributed by atoms with van der Waals surface area (Å²) in [7, 11) is 0. The molecule has 98 valence electrons. The van der Waals surface area contributed by atoms with Crippen LogP contribution in [0.3, 0.4) is 0 Å². The zero-order valence-electron chi connectivity index (χ0n) is 10.7. The van der Waals surface area contributed by atoms with Crippen LogP contribution in [-0.4, -0.2) is 34.4 Å². The molecule has 3 rings (SSSR count). The monoisotopic (exact) mass is 248 g/mol. The smallest absolute Gasteiger partial charge is 0.128 e. The Morgan fingerprint density at radius 2 is 2.17 bits per heavy atom. The van der Waals surface area contributed by atoms with Crippen molar-refractivity contribution in [3.05, 3.63) is 23.9 Å². The maximum Gasteiger partial charge on any atom is 0.128 e. The van der Waals surface area contributed by atoms with Crippen molar-refractivity contribution in [1.29, 1.82) is 0 Å². The van der Waals surface area contributed by atoms with Gasteiger partial charge in [0.25, 0.3) is 0 Å². The van der Waals surface area contributed by atoms with E-state index in [-0.39, 0.29) is 6.10 Å². The second-order valence-electron chi connectivity index (χ2n) is 5.60. The zero-order valence-corrected chi connectivity index (χ0v) is 10.7. The van der Waals surface area contributed by atoms with Crippen LogP contribution in [0.2, 0.25) is 0 Å². The molecule has 2 fully saturated rings. The first-order valence-corrected chi connectivity index (χ1v) is 6.72. The number of nitrogens with zero attached hydrogens (tertiary/aromatic N) is 2. The molecule has 2 N–H and O–H groups in total. The standard InChI is InChI=1S/C14H20N2O2/c1-9(17)10-3-5-14(15-6-10)16-7-11-2-4-13(18)12(11)8-16/h3,5-6,9,11-13,17-18H,2,4,7-8H2,1H3/t9-,11?,12?,13?/m1/s1. The van der Waals surface area contributed by atoms with E-state index in [4.69, 9.17) is 0 Å². The lowest BCUT2D eigenvalue weighted by Gasteiger charge is -2.19. The van der Waals surface area contributed by atoms with Gasteiger partial charge in [-0.3, -0.25) is 0 Å². The summed E-state index contributed by atoms with van der Waals surface area (Å²) in [4.78, 5) is 6.67. The van der Waals surface area contributed by atoms with Crippen molar-refractivity contribution >= 4 is 5.82 Å². The first-order chi connectivity index (χ1) is 8.65. The lowest BCUT2D eigenvalue weighted by molar-refractivity contribution is 0.133. The molecule has 1 aromatic rings. The third-order valence-electron chi connectivity index (χ3n) is 4.40. The summed E-state index contributed by atoms with van der Waals surface area (Å²) in [6.07, 6.45) is 3.24. The highest BCUT2D eigenvalue weighted by Crippen LogP contribution is 2.39. The van der Waals surface area contributed by atoms with E-state index in [1.54, 1.807) is 13.1 Å². The van der Waals surface area contributed by atoms with E-state index >= 15 is 0 Å². The predicted molar refractivity (Wildman–Crippen MR) is 69.3 cm³/mol. The fourth-order valence-corrected chi connectivity index (χ4v) is 3.26. The van der Waals surface area contributed by atoms with Crippen LogP contribution in [0.4, 0.5) is 5.82 Å². The van der Waals surface area contributed by atoms with Gasteiger partial charge in [-0.25, -0.2) is 4.98 Å². The Hall–Kier alpha value is -1.13. The highest BCUT2D eigenvalue weighted by Gasteiger charge is 2.42. The lowest BCUT2D eigenvalue weighted by Crippen LogP contribution is -2.25. The van der Waals surface area contributed by atoms with Crippen LogP contribution in [0.5, 0.6) is 0 Å². The van der Waals surface area contributed by atoms with E-state index in [0.717, 1.165) is 37.3 Å². The van der Waals surface area contributed by atoms with E-state index < -0.39 is 6.10 Å². The fraction of sp³-hybridized carbons (Fsp3) is 0.643. The van der Waals surface area contributed by atoms with Crippen molar-refractivity contribution in [2.75, 3.05) is 18.0 Å². The number of aliphatic hydroxyl groups is 2. The Morgan fingerprint density at radius 3 is 2.78 bits per heavy atom. The number of aliphatic hydroxyl groups excluding tert-OH is 2. The molecule has 1 aromatic heterocycles. The molecule has 1 aliphatic heterocycles. The molecule has 0 amide bonds. The Kier molecular flexibility index (Phi) is 2.99. The van der Waals surface area contributed by atoms with Gasteiger partial charge in [-0.1, -0.05) is 6.07 Å². The SMILES string of the molecule is C[C@@H](O)c1ccc(N2CC3CCC(O)C3C2)nc1. The second-order valence-corrected chi connectivity index (χ2v) is 5.60. The van der Waals surface area contributed by atoms with Gasteiger partial charge in [-0.15, -0.1) is 0 Å². The van der Waals surface area contributed by atoms with Crippen molar-refractivity contribution < 1.29 is 10.2 Å². The molecule has 1 aliphatic carbocycles. The lowest BCUT2D eigenvalue weighted by atomic mass is 10.00. The molecule has 4 atom stereocenters. The summed E-state index contributed by atoms with van der Waals surface area (Å²) in [6.45, 7) is 3.66. The first kappa shape index (κ1) is 11.9. The van der Waals surface area contributed by atoms with Crippen molar-refractivity contribution in [2.24, 2.45) is 11.8 Å². The topological polar surface area (TPSA) is 56.6 Å². The van der Waals surface area contributed by atoms with Crippen molar-refractivity contribution in [2.45, 2.75) is 32.0 Å². The predicted octanol–water partition coefficient (Wildman–Crippen LogP) is 1.34. The van der Waals surface area contributed by atoms with Crippen LogP contribution >= 0.6 is 0 Å². The molecule has 1 saturated carbocycles. The van der Waals surface area contributed by atoms with Crippen molar-refractivity contribution in [1.82, 2.24) is 4.98 Å². The number of hydrogen-bond acceptors (Lipinski definition) is 4. The third kappa shape index (κ3) is 1.99. The van der Waals surface area contributed by atoms with E-state index in [1.165, 1.54) is 0 Å². The molecule has 18 heavy (non-hydrogen) atoms. The number of aromatic nitrogens is 1. The summed E-state index contributed by atoms with van der Waals surface area (Å²) < 4.78 is 0. The summed E-state index contributed by atoms with van der Waals surface area (Å²) in [6, 6.07) is 3.90. The van der Waals surface area contributed by atoms with Gasteiger partial charge in [0.05, 0.1) is 12.2 Å². The van der Waals surface area contributed by atoms with Crippen LogP contribution < -0.4 is 4.90 Å². The van der Waals surface area contributed by atoms with Crippen LogP contribution in [0.25, 0.3) is 0 Å². The largest absolute Gasteiger partial charge is 0.393 e. The molecule has 3 unspecified atom stereocenters. The first-order valence-electron chi connectivity index (χ1n) is 6.72. The maximum absolute atomic E-state index is 9.90. The highest BCUT2D eigenvalue weighted by atomic mass is 16.3. The van der Waals surface area contributed by atoms with Crippen LogP contribution in [0.15, 0.2) is 18.3 Å². The fourth-order valence-electron chi connectivity index (χ4n) is 3.26. The van der Waals surface area contributed by atoms with E-state index in [1.807, 2.05) is 12.1 Å². The molecule has 0 aromatic carbocycles. The van der Waals surface area contributed by atoms with Gasteiger partial charge in [0.15, 0.2) is 0 Å². The highest BCUT2D eigenvalue weighted by molar-refractivity contribution is 5.41. The van der Waals surface area contributed by atoms with Gasteiger partial charge in [0.2, 0.25) is 0 Å². The Bertz CT molecular complexity index is 418. The minimum absolute atomic E-state index is 0.128. The van der Waals surface area contributed by atoms with E-state index in [9.17, 15) is 10.2 Å². The number of fused-ring (bicyclic) bond motifs is 1. The number of hydrogen-bond donors (Lipinski definition) is 2. The van der Waals surface area contributed by atoms with Crippen molar-refractivity contribution in [3.8, 4) is 0 Å². The minimum Gasteiger partial charge on any atom is -0.393 e. The molecule has 0 radical (unpaired) electrons. The number of pyridine rings is 1. The number of anilines is 1. The van der Waals surface area contributed by atoms with Crippen molar-refractivity contribution in [3.63, 3.8) is 0 Å². The molecule has 0 spiro atoms. The number of rotatable bonds is 2. The minimum atomic E-state index is -0.466. The molecule has 0 bridgehead atoms. The molecule has 4 nitrogen and oxygen atoms in total. The molecule has 2 heterocycles. The van der Waals surface area contributed by atoms with Crippen LogP contribution in [0.1, 0.15) is 31.4 Å². The van der Waals surface area contributed by atoms with E-state index in [0.29, 0.717) is 11.8 Å². The normalized spacial score (nSPS) is 32.6. The van der Waals surface area contributed by atoms with E-state index in [2.05, 4.69) is 9.88 Å². The molecule has 1 saturated heterocycles. The van der Waals surface area contributed by atoms with Gasteiger partial charge in [0.1, 0.15) is 5.82 Å². The van der Waals surface area contributed by atoms with Gasteiger partial charge < -0.3 is 15.1 Å². The van der Waals surface area contributed by atoms with Gasteiger partial charge >= 0.3 is 0 Å². The average Bonchev–Trinajstić information content (AvgIpc) is 2.92. The quantitative estimate of drug-likeness (QED) is 0.829. The molecular weight excluding hydrogens is 228 g/mol. The zero-order chi connectivity index (χ0) is 12.7. The molecule has 4 heteroatoms. The second kappa shape index (κ2) is 4.52. The average molecular weight is 248 g/mol. The van der Waals surface area contributed by atoms with Gasteiger partial charge in [0, 0.05) is 25.2 Å². The van der Waals surface area contributed by atoms with Crippen LogP contribution in [0, 0.1) is 11.8 Å². The van der Waals surface area contributed by atoms with Gasteiger partial charge in [-0.05, 0) is 37.3 Å². The summed E-state index contributed by atoms with van der Waals surface area (Å²) in [5.74, 6) is 2.00. The molecular formula is C14H20N2O2. The maximum atomic E-state index is 9.90. The third-order valence-corrected chi connectivity index (χ3v) is 4.40. The van der Waals surface area contributed by atoms with Gasteiger partial charge in [-0.2, -0.15) is 0 Å². The Morgan fingerprint density at radius 1 is 1.33 bits per heavy atom. The summed E-state index contributed by atoms with van der Waals surface area (Å²) in [5, 5.41) is 19.4. The summed E-state index contributed by atoms with van der Waals surface area (Å²) in [5.41, 5.74) is 0.846. The molecule has 2 aliphatic rings. The van der Waals surface area contributed by atoms with Crippen LogP contribution in [-0.2, 0) is 0 Å².